The second kappa shape index (κ2) is 4.96. The first kappa shape index (κ1) is 12.1. The van der Waals surface area contributed by atoms with E-state index in [-0.39, 0.29) is 5.78 Å². The Balaban J connectivity index is 2.02. The number of ketones is 1. The van der Waals surface area contributed by atoms with E-state index < -0.39 is 0 Å². The van der Waals surface area contributed by atoms with E-state index in [4.69, 9.17) is 0 Å². The Labute approximate surface area is 113 Å². The van der Waals surface area contributed by atoms with Crippen LogP contribution in [0.3, 0.4) is 0 Å². The Bertz CT molecular complexity index is 614. The van der Waals surface area contributed by atoms with Crippen LogP contribution < -0.4 is 0 Å². The minimum absolute atomic E-state index is 0.105. The molecule has 1 aromatic carbocycles. The molecule has 0 spiro atoms. The van der Waals surface area contributed by atoms with Crippen LogP contribution >= 0.6 is 0 Å². The SMILES string of the molecule is Cc1ccncc1C(=O)c1ccccc1C1CCC1. The third kappa shape index (κ3) is 2.19. The van der Waals surface area contributed by atoms with E-state index >= 15 is 0 Å². The van der Waals surface area contributed by atoms with Crippen LogP contribution in [0.2, 0.25) is 0 Å². The van der Waals surface area contributed by atoms with E-state index in [1.807, 2.05) is 31.2 Å². The molecule has 1 aliphatic rings. The molecule has 0 saturated heterocycles. The molecule has 3 rings (SSSR count). The predicted octanol–water partition coefficient (Wildman–Crippen LogP) is 3.89. The molecular formula is C17H17NO. The number of aromatic nitrogens is 1. The van der Waals surface area contributed by atoms with Crippen molar-refractivity contribution < 1.29 is 4.79 Å². The molecule has 1 fully saturated rings. The molecule has 0 unspecified atom stereocenters. The molecule has 0 atom stereocenters. The van der Waals surface area contributed by atoms with Gasteiger partial charge in [-0.1, -0.05) is 30.7 Å². The number of hydrogen-bond acceptors (Lipinski definition) is 2. The van der Waals surface area contributed by atoms with Crippen LogP contribution in [0.1, 0.15) is 52.2 Å². The lowest BCUT2D eigenvalue weighted by molar-refractivity contribution is 0.103. The molecule has 19 heavy (non-hydrogen) atoms. The molecule has 2 aromatic rings. The number of nitrogens with zero attached hydrogens (tertiary/aromatic N) is 1. The maximum absolute atomic E-state index is 12.7. The van der Waals surface area contributed by atoms with Crippen molar-refractivity contribution >= 4 is 5.78 Å². The van der Waals surface area contributed by atoms with Gasteiger partial charge in [0.1, 0.15) is 0 Å². The fourth-order valence-corrected chi connectivity index (χ4v) is 2.63. The van der Waals surface area contributed by atoms with Crippen LogP contribution in [0.15, 0.2) is 42.7 Å². The van der Waals surface area contributed by atoms with Crippen LogP contribution in [-0.4, -0.2) is 10.8 Å². The van der Waals surface area contributed by atoms with E-state index in [1.165, 1.54) is 24.8 Å². The number of benzene rings is 1. The fourth-order valence-electron chi connectivity index (χ4n) is 2.63. The van der Waals surface area contributed by atoms with Crippen molar-refractivity contribution in [1.82, 2.24) is 4.98 Å². The largest absolute Gasteiger partial charge is 0.289 e. The summed E-state index contributed by atoms with van der Waals surface area (Å²) < 4.78 is 0. The first-order valence-corrected chi connectivity index (χ1v) is 6.81. The maximum Gasteiger partial charge on any atom is 0.195 e. The third-order valence-corrected chi connectivity index (χ3v) is 4.03. The summed E-state index contributed by atoms with van der Waals surface area (Å²) in [5, 5.41) is 0. The van der Waals surface area contributed by atoms with Gasteiger partial charge < -0.3 is 0 Å². The van der Waals surface area contributed by atoms with Gasteiger partial charge >= 0.3 is 0 Å². The Hall–Kier alpha value is -1.96. The highest BCUT2D eigenvalue weighted by Gasteiger charge is 2.25. The lowest BCUT2D eigenvalue weighted by Crippen LogP contribution is -2.15. The lowest BCUT2D eigenvalue weighted by atomic mass is 9.77. The molecule has 0 N–H and O–H groups in total. The Morgan fingerprint density at radius 2 is 1.95 bits per heavy atom. The van der Waals surface area contributed by atoms with Gasteiger partial charge in [0.25, 0.3) is 0 Å². The fraction of sp³-hybridized carbons (Fsp3) is 0.294. The first-order chi connectivity index (χ1) is 9.27. The first-order valence-electron chi connectivity index (χ1n) is 6.81. The number of carbonyl (C=O) groups is 1. The molecule has 1 aromatic heterocycles. The van der Waals surface area contributed by atoms with Gasteiger partial charge in [0, 0.05) is 23.5 Å². The molecule has 0 amide bonds. The average Bonchev–Trinajstić information content (AvgIpc) is 2.37. The summed E-state index contributed by atoms with van der Waals surface area (Å²) >= 11 is 0. The van der Waals surface area contributed by atoms with Gasteiger partial charge in [-0.15, -0.1) is 0 Å². The number of rotatable bonds is 3. The van der Waals surface area contributed by atoms with Crippen molar-refractivity contribution in [3.8, 4) is 0 Å². The number of carbonyl (C=O) groups excluding carboxylic acids is 1. The Kier molecular flexibility index (Phi) is 3.16. The highest BCUT2D eigenvalue weighted by atomic mass is 16.1. The molecule has 2 nitrogen and oxygen atoms in total. The predicted molar refractivity (Wildman–Crippen MR) is 75.4 cm³/mol. The standard InChI is InChI=1S/C17H17NO/c1-12-9-10-18-11-16(12)17(19)15-8-3-2-7-14(15)13-5-4-6-13/h2-3,7-11,13H,4-6H2,1H3. The van der Waals surface area contributed by atoms with Crippen molar-refractivity contribution in [2.24, 2.45) is 0 Å². The molecule has 1 heterocycles. The quantitative estimate of drug-likeness (QED) is 0.775. The van der Waals surface area contributed by atoms with Crippen molar-refractivity contribution in [3.05, 3.63) is 65.0 Å². The monoisotopic (exact) mass is 251 g/mol. The zero-order valence-electron chi connectivity index (χ0n) is 11.1. The molecule has 2 heteroatoms. The number of aryl methyl sites for hydroxylation is 1. The summed E-state index contributed by atoms with van der Waals surface area (Å²) in [4.78, 5) is 16.8. The van der Waals surface area contributed by atoms with Gasteiger partial charge in [-0.2, -0.15) is 0 Å². The molecule has 1 aliphatic carbocycles. The van der Waals surface area contributed by atoms with Crippen LogP contribution in [-0.2, 0) is 0 Å². The summed E-state index contributed by atoms with van der Waals surface area (Å²) in [6, 6.07) is 9.91. The van der Waals surface area contributed by atoms with Crippen molar-refractivity contribution in [2.45, 2.75) is 32.1 Å². The van der Waals surface area contributed by atoms with Gasteiger partial charge in [-0.25, -0.2) is 0 Å². The molecule has 96 valence electrons. The molecule has 0 aliphatic heterocycles. The van der Waals surface area contributed by atoms with Crippen LogP contribution in [0.25, 0.3) is 0 Å². The van der Waals surface area contributed by atoms with Crippen LogP contribution in [0, 0.1) is 6.92 Å². The zero-order chi connectivity index (χ0) is 13.2. The van der Waals surface area contributed by atoms with E-state index in [9.17, 15) is 4.79 Å². The minimum Gasteiger partial charge on any atom is -0.289 e. The van der Waals surface area contributed by atoms with Gasteiger partial charge in [-0.3, -0.25) is 9.78 Å². The van der Waals surface area contributed by atoms with Crippen molar-refractivity contribution in [3.63, 3.8) is 0 Å². The lowest BCUT2D eigenvalue weighted by Gasteiger charge is -2.27. The van der Waals surface area contributed by atoms with Crippen molar-refractivity contribution in [1.29, 1.82) is 0 Å². The highest BCUT2D eigenvalue weighted by molar-refractivity contribution is 6.10. The number of pyridine rings is 1. The molecule has 0 radical (unpaired) electrons. The number of hydrogen-bond donors (Lipinski definition) is 0. The van der Waals surface area contributed by atoms with E-state index in [0.717, 1.165) is 11.1 Å². The zero-order valence-corrected chi connectivity index (χ0v) is 11.1. The summed E-state index contributed by atoms with van der Waals surface area (Å²) in [5.74, 6) is 0.672. The molecule has 0 bridgehead atoms. The van der Waals surface area contributed by atoms with Gasteiger partial charge in [0.05, 0.1) is 0 Å². The summed E-state index contributed by atoms with van der Waals surface area (Å²) in [7, 11) is 0. The normalized spacial score (nSPS) is 15.0. The van der Waals surface area contributed by atoms with E-state index in [2.05, 4.69) is 11.1 Å². The smallest absolute Gasteiger partial charge is 0.195 e. The molecule has 1 saturated carbocycles. The Morgan fingerprint density at radius 1 is 1.16 bits per heavy atom. The second-order valence-corrected chi connectivity index (χ2v) is 5.23. The van der Waals surface area contributed by atoms with Crippen LogP contribution in [0.4, 0.5) is 0 Å². The topological polar surface area (TPSA) is 30.0 Å². The third-order valence-electron chi connectivity index (χ3n) is 4.03. The summed E-state index contributed by atoms with van der Waals surface area (Å²) in [6.07, 6.45) is 7.09. The van der Waals surface area contributed by atoms with E-state index in [0.29, 0.717) is 11.5 Å². The minimum atomic E-state index is 0.105. The highest BCUT2D eigenvalue weighted by Crippen LogP contribution is 2.38. The second-order valence-electron chi connectivity index (χ2n) is 5.23. The van der Waals surface area contributed by atoms with Crippen molar-refractivity contribution in [2.75, 3.05) is 0 Å². The summed E-state index contributed by atoms with van der Waals surface area (Å²) in [5.41, 5.74) is 3.77. The van der Waals surface area contributed by atoms with Crippen LogP contribution in [0.5, 0.6) is 0 Å². The summed E-state index contributed by atoms with van der Waals surface area (Å²) in [6.45, 7) is 1.96. The van der Waals surface area contributed by atoms with Gasteiger partial charge in [0.15, 0.2) is 5.78 Å². The maximum atomic E-state index is 12.7. The van der Waals surface area contributed by atoms with E-state index in [1.54, 1.807) is 12.4 Å². The van der Waals surface area contributed by atoms with Gasteiger partial charge in [0.2, 0.25) is 0 Å². The van der Waals surface area contributed by atoms with Gasteiger partial charge in [-0.05, 0) is 42.9 Å². The molecular weight excluding hydrogens is 234 g/mol. The Morgan fingerprint density at radius 3 is 2.63 bits per heavy atom. The average molecular weight is 251 g/mol.